The highest BCUT2D eigenvalue weighted by molar-refractivity contribution is 5.89. The van der Waals surface area contributed by atoms with Gasteiger partial charge in [0.05, 0.1) is 5.92 Å². The van der Waals surface area contributed by atoms with Crippen molar-refractivity contribution in [2.75, 3.05) is 26.2 Å². The zero-order chi connectivity index (χ0) is 16.0. The molecule has 0 aliphatic carbocycles. The van der Waals surface area contributed by atoms with E-state index in [4.69, 9.17) is 5.11 Å². The van der Waals surface area contributed by atoms with Crippen molar-refractivity contribution in [3.05, 3.63) is 0 Å². The van der Waals surface area contributed by atoms with Gasteiger partial charge in [0.15, 0.2) is 0 Å². The topological polar surface area (TPSA) is 69.6 Å². The lowest BCUT2D eigenvalue weighted by molar-refractivity contribution is -0.157. The maximum absolute atomic E-state index is 12.3. The van der Waals surface area contributed by atoms with Crippen LogP contribution in [-0.4, -0.2) is 54.2 Å². The standard InChI is InChI=1S/C13H21F3N2O3/c1-9(7-19)3-2-4-17-12(21)10-5-11(20)18(6-10)8-13(14,15)16/h9-10,19H,2-8H2,1H3,(H,17,21). The minimum atomic E-state index is -4.44. The monoisotopic (exact) mass is 310 g/mol. The Balaban J connectivity index is 2.31. The number of aliphatic hydroxyl groups excluding tert-OH is 1. The van der Waals surface area contributed by atoms with Gasteiger partial charge in [0.25, 0.3) is 0 Å². The molecular formula is C13H21F3N2O3. The first-order valence-corrected chi connectivity index (χ1v) is 6.96. The lowest BCUT2D eigenvalue weighted by atomic mass is 10.1. The van der Waals surface area contributed by atoms with Gasteiger partial charge in [-0.15, -0.1) is 0 Å². The van der Waals surface area contributed by atoms with Crippen molar-refractivity contribution in [1.29, 1.82) is 0 Å². The molecule has 2 atom stereocenters. The molecule has 1 heterocycles. The molecule has 2 unspecified atom stereocenters. The number of likely N-dealkylation sites (tertiary alicyclic amines) is 1. The molecule has 0 aromatic rings. The Morgan fingerprint density at radius 2 is 2.19 bits per heavy atom. The van der Waals surface area contributed by atoms with Crippen LogP contribution in [0.2, 0.25) is 0 Å². The van der Waals surface area contributed by atoms with Crippen molar-refractivity contribution < 1.29 is 27.9 Å². The van der Waals surface area contributed by atoms with Gasteiger partial charge in [-0.3, -0.25) is 9.59 Å². The van der Waals surface area contributed by atoms with Crippen LogP contribution in [0.4, 0.5) is 13.2 Å². The van der Waals surface area contributed by atoms with Gasteiger partial charge in [-0.1, -0.05) is 6.92 Å². The first-order valence-electron chi connectivity index (χ1n) is 6.96. The van der Waals surface area contributed by atoms with Crippen molar-refractivity contribution >= 4 is 11.8 Å². The number of aliphatic hydroxyl groups is 1. The van der Waals surface area contributed by atoms with E-state index in [1.54, 1.807) is 0 Å². The predicted molar refractivity (Wildman–Crippen MR) is 69.2 cm³/mol. The van der Waals surface area contributed by atoms with E-state index < -0.39 is 24.5 Å². The van der Waals surface area contributed by atoms with Gasteiger partial charge in [0.1, 0.15) is 6.54 Å². The highest BCUT2D eigenvalue weighted by Gasteiger charge is 2.40. The second-order valence-corrected chi connectivity index (χ2v) is 5.51. The van der Waals surface area contributed by atoms with Crippen LogP contribution in [0.15, 0.2) is 0 Å². The summed E-state index contributed by atoms with van der Waals surface area (Å²) in [4.78, 5) is 23.9. The molecule has 0 bridgehead atoms. The maximum atomic E-state index is 12.3. The van der Waals surface area contributed by atoms with Gasteiger partial charge in [0.2, 0.25) is 11.8 Å². The smallest absolute Gasteiger partial charge is 0.396 e. The molecule has 1 aliphatic rings. The summed E-state index contributed by atoms with van der Waals surface area (Å²) in [5.74, 6) is -1.58. The van der Waals surface area contributed by atoms with Crippen LogP contribution >= 0.6 is 0 Å². The largest absolute Gasteiger partial charge is 0.406 e. The Morgan fingerprint density at radius 1 is 1.52 bits per heavy atom. The summed E-state index contributed by atoms with van der Waals surface area (Å²) in [6.07, 6.45) is -3.18. The summed E-state index contributed by atoms with van der Waals surface area (Å²) in [6, 6.07) is 0. The molecule has 0 aromatic carbocycles. The fraction of sp³-hybridized carbons (Fsp3) is 0.846. The van der Waals surface area contributed by atoms with Crippen LogP contribution in [0, 0.1) is 11.8 Å². The predicted octanol–water partition coefficient (Wildman–Crippen LogP) is 0.922. The fourth-order valence-corrected chi connectivity index (χ4v) is 2.21. The van der Waals surface area contributed by atoms with E-state index in [0.717, 1.165) is 6.42 Å². The second-order valence-electron chi connectivity index (χ2n) is 5.51. The third-order valence-electron chi connectivity index (χ3n) is 3.44. The van der Waals surface area contributed by atoms with Gasteiger partial charge < -0.3 is 15.3 Å². The van der Waals surface area contributed by atoms with Crippen molar-refractivity contribution in [2.24, 2.45) is 11.8 Å². The Kier molecular flexibility index (Phi) is 6.44. The maximum Gasteiger partial charge on any atom is 0.406 e. The van der Waals surface area contributed by atoms with Crippen molar-refractivity contribution in [3.63, 3.8) is 0 Å². The quantitative estimate of drug-likeness (QED) is 0.687. The summed E-state index contributed by atoms with van der Waals surface area (Å²) in [5.41, 5.74) is 0. The summed E-state index contributed by atoms with van der Waals surface area (Å²) in [5, 5.41) is 11.5. The number of carbonyl (C=O) groups is 2. The fourth-order valence-electron chi connectivity index (χ4n) is 2.21. The van der Waals surface area contributed by atoms with Crippen molar-refractivity contribution in [3.8, 4) is 0 Å². The van der Waals surface area contributed by atoms with Crippen LogP contribution in [-0.2, 0) is 9.59 Å². The van der Waals surface area contributed by atoms with Crippen molar-refractivity contribution in [2.45, 2.75) is 32.4 Å². The summed E-state index contributed by atoms with van der Waals surface area (Å²) in [7, 11) is 0. The molecule has 2 N–H and O–H groups in total. The Bertz CT molecular complexity index is 374. The molecule has 0 radical (unpaired) electrons. The highest BCUT2D eigenvalue weighted by atomic mass is 19.4. The lowest BCUT2D eigenvalue weighted by Gasteiger charge is -2.18. The first-order chi connectivity index (χ1) is 9.73. The second kappa shape index (κ2) is 7.63. The average molecular weight is 310 g/mol. The molecule has 0 aromatic heterocycles. The van der Waals surface area contributed by atoms with Crippen LogP contribution in [0.25, 0.3) is 0 Å². The molecule has 1 aliphatic heterocycles. The minimum absolute atomic E-state index is 0.0808. The summed E-state index contributed by atoms with van der Waals surface area (Å²) >= 11 is 0. The summed E-state index contributed by atoms with van der Waals surface area (Å²) < 4.78 is 36.8. The van der Waals surface area contributed by atoms with Gasteiger partial charge in [-0.2, -0.15) is 13.2 Å². The van der Waals surface area contributed by atoms with E-state index in [1.165, 1.54) is 0 Å². The number of hydrogen-bond donors (Lipinski definition) is 2. The van der Waals surface area contributed by atoms with Crippen LogP contribution < -0.4 is 5.32 Å². The van der Waals surface area contributed by atoms with Gasteiger partial charge >= 0.3 is 6.18 Å². The molecule has 2 amide bonds. The highest BCUT2D eigenvalue weighted by Crippen LogP contribution is 2.23. The number of alkyl halides is 3. The number of amides is 2. The molecule has 1 saturated heterocycles. The number of halogens is 3. The van der Waals surface area contributed by atoms with E-state index in [9.17, 15) is 22.8 Å². The lowest BCUT2D eigenvalue weighted by Crippen LogP contribution is -2.37. The van der Waals surface area contributed by atoms with Crippen LogP contribution in [0.1, 0.15) is 26.2 Å². The molecule has 1 rings (SSSR count). The van der Waals surface area contributed by atoms with Gasteiger partial charge in [0, 0.05) is 26.1 Å². The Labute approximate surface area is 121 Å². The number of hydrogen-bond acceptors (Lipinski definition) is 3. The van der Waals surface area contributed by atoms with Gasteiger partial charge in [-0.05, 0) is 18.8 Å². The Morgan fingerprint density at radius 3 is 2.76 bits per heavy atom. The molecule has 122 valence electrons. The van der Waals surface area contributed by atoms with E-state index in [1.807, 2.05) is 6.92 Å². The van der Waals surface area contributed by atoms with E-state index in [0.29, 0.717) is 17.9 Å². The Hall–Kier alpha value is -1.31. The van der Waals surface area contributed by atoms with Crippen molar-refractivity contribution in [1.82, 2.24) is 10.2 Å². The van der Waals surface area contributed by atoms with Gasteiger partial charge in [-0.25, -0.2) is 0 Å². The molecule has 21 heavy (non-hydrogen) atoms. The third-order valence-corrected chi connectivity index (χ3v) is 3.44. The molecule has 8 heteroatoms. The summed E-state index contributed by atoms with van der Waals surface area (Å²) in [6.45, 7) is 0.873. The van der Waals surface area contributed by atoms with E-state index in [2.05, 4.69) is 5.32 Å². The molecule has 1 fully saturated rings. The average Bonchev–Trinajstić information content (AvgIpc) is 2.73. The molecule has 0 spiro atoms. The van der Waals surface area contributed by atoms with Crippen LogP contribution in [0.3, 0.4) is 0 Å². The van der Waals surface area contributed by atoms with E-state index >= 15 is 0 Å². The molecule has 5 nitrogen and oxygen atoms in total. The SMILES string of the molecule is CC(CO)CCCNC(=O)C1CC(=O)N(CC(F)(F)F)C1. The number of nitrogens with one attached hydrogen (secondary N) is 1. The molecular weight excluding hydrogens is 289 g/mol. The first kappa shape index (κ1) is 17.7. The number of nitrogens with zero attached hydrogens (tertiary/aromatic N) is 1. The zero-order valence-corrected chi connectivity index (χ0v) is 11.9. The zero-order valence-electron chi connectivity index (χ0n) is 11.9. The normalized spacial score (nSPS) is 20.7. The minimum Gasteiger partial charge on any atom is -0.396 e. The molecule has 0 saturated carbocycles. The van der Waals surface area contributed by atoms with Crippen LogP contribution in [0.5, 0.6) is 0 Å². The number of carbonyl (C=O) groups excluding carboxylic acids is 2. The third kappa shape index (κ3) is 6.33. The van der Waals surface area contributed by atoms with E-state index in [-0.39, 0.29) is 31.4 Å². The number of rotatable bonds is 7.